The van der Waals surface area contributed by atoms with E-state index in [-0.39, 0.29) is 11.9 Å². The summed E-state index contributed by atoms with van der Waals surface area (Å²) in [5, 5.41) is 0. The van der Waals surface area contributed by atoms with Crippen LogP contribution in [0.2, 0.25) is 0 Å². The third-order valence-electron chi connectivity index (χ3n) is 4.85. The quantitative estimate of drug-likeness (QED) is 0.899. The van der Waals surface area contributed by atoms with Crippen LogP contribution in [-0.2, 0) is 11.3 Å². The van der Waals surface area contributed by atoms with E-state index < -0.39 is 6.04 Å². The first kappa shape index (κ1) is 17.9. The number of hydrogen-bond acceptors (Lipinski definition) is 4. The maximum absolute atomic E-state index is 12.4. The third-order valence-corrected chi connectivity index (χ3v) is 4.85. The number of carbonyl (C=O) groups excluding carboxylic acids is 1. The minimum atomic E-state index is -0.422. The van der Waals surface area contributed by atoms with E-state index >= 15 is 0 Å². The third kappa shape index (κ3) is 4.52. The zero-order chi connectivity index (χ0) is 17.0. The highest BCUT2D eigenvalue weighted by atomic mass is 16.2. The summed E-state index contributed by atoms with van der Waals surface area (Å²) < 4.78 is 0. The summed E-state index contributed by atoms with van der Waals surface area (Å²) in [5.41, 5.74) is 8.10. The van der Waals surface area contributed by atoms with Gasteiger partial charge in [-0.1, -0.05) is 26.3 Å². The molecule has 1 aliphatic rings. The lowest BCUT2D eigenvalue weighted by atomic mass is 9.94. The largest absolute Gasteiger partial charge is 0.336 e. The maximum atomic E-state index is 12.4. The Morgan fingerprint density at radius 1 is 1.39 bits per heavy atom. The molecule has 128 valence electrons. The lowest BCUT2D eigenvalue weighted by molar-refractivity contribution is -0.138. The number of aryl methyl sites for hydroxylation is 1. The van der Waals surface area contributed by atoms with Gasteiger partial charge >= 0.3 is 0 Å². The van der Waals surface area contributed by atoms with Crippen molar-refractivity contribution in [2.75, 3.05) is 19.6 Å². The van der Waals surface area contributed by atoms with Crippen molar-refractivity contribution in [1.29, 1.82) is 0 Å². The lowest BCUT2D eigenvalue weighted by Crippen LogP contribution is -2.59. The standard InChI is InChI=1S/C18H30N4O/c1-5-13(2)17-12-21(8-9-22(17)18(23)15(4)19)11-16-7-6-14(3)20-10-16/h6-7,10,13,15,17H,5,8-9,11-12,19H2,1-4H3. The van der Waals surface area contributed by atoms with Crippen molar-refractivity contribution in [3.05, 3.63) is 29.6 Å². The normalized spacial score (nSPS) is 22.0. The number of pyridine rings is 1. The van der Waals surface area contributed by atoms with Crippen molar-refractivity contribution in [3.8, 4) is 0 Å². The molecule has 1 saturated heterocycles. The van der Waals surface area contributed by atoms with Crippen LogP contribution in [0.3, 0.4) is 0 Å². The van der Waals surface area contributed by atoms with E-state index in [4.69, 9.17) is 5.73 Å². The second kappa shape index (κ2) is 7.88. The molecule has 3 atom stereocenters. The number of rotatable bonds is 5. The highest BCUT2D eigenvalue weighted by Crippen LogP contribution is 2.22. The monoisotopic (exact) mass is 318 g/mol. The molecule has 2 rings (SSSR count). The molecule has 1 aliphatic heterocycles. The van der Waals surface area contributed by atoms with Crippen molar-refractivity contribution < 1.29 is 4.79 Å². The molecular formula is C18H30N4O. The molecule has 3 unspecified atom stereocenters. The molecule has 1 amide bonds. The van der Waals surface area contributed by atoms with Gasteiger partial charge in [0.05, 0.1) is 6.04 Å². The highest BCUT2D eigenvalue weighted by molar-refractivity contribution is 5.81. The van der Waals surface area contributed by atoms with E-state index in [0.29, 0.717) is 5.92 Å². The summed E-state index contributed by atoms with van der Waals surface area (Å²) >= 11 is 0. The van der Waals surface area contributed by atoms with E-state index in [2.05, 4.69) is 35.9 Å². The molecule has 0 aromatic carbocycles. The van der Waals surface area contributed by atoms with Gasteiger partial charge < -0.3 is 10.6 Å². The summed E-state index contributed by atoms with van der Waals surface area (Å²) in [7, 11) is 0. The molecule has 5 nitrogen and oxygen atoms in total. The molecule has 1 aromatic rings. The number of aromatic nitrogens is 1. The Morgan fingerprint density at radius 2 is 2.13 bits per heavy atom. The molecule has 23 heavy (non-hydrogen) atoms. The minimum Gasteiger partial charge on any atom is -0.336 e. The van der Waals surface area contributed by atoms with Crippen LogP contribution in [0.4, 0.5) is 0 Å². The first-order chi connectivity index (χ1) is 10.9. The number of nitrogens with zero attached hydrogens (tertiary/aromatic N) is 3. The van der Waals surface area contributed by atoms with Crippen LogP contribution in [0.25, 0.3) is 0 Å². The number of hydrogen-bond donors (Lipinski definition) is 1. The first-order valence-corrected chi connectivity index (χ1v) is 8.62. The number of amides is 1. The Bertz CT molecular complexity index is 514. The van der Waals surface area contributed by atoms with Crippen LogP contribution >= 0.6 is 0 Å². The SMILES string of the molecule is CCC(C)C1CN(Cc2ccc(C)nc2)CCN1C(=O)C(C)N. The molecule has 0 aliphatic carbocycles. The topological polar surface area (TPSA) is 62.5 Å². The van der Waals surface area contributed by atoms with Crippen LogP contribution < -0.4 is 5.73 Å². The fourth-order valence-corrected chi connectivity index (χ4v) is 3.16. The second-order valence-corrected chi connectivity index (χ2v) is 6.82. The van der Waals surface area contributed by atoms with Crippen LogP contribution in [0, 0.1) is 12.8 Å². The molecular weight excluding hydrogens is 288 g/mol. The first-order valence-electron chi connectivity index (χ1n) is 8.62. The summed E-state index contributed by atoms with van der Waals surface area (Å²) in [6.07, 6.45) is 3.01. The Kier molecular flexibility index (Phi) is 6.13. The number of nitrogens with two attached hydrogens (primary N) is 1. The van der Waals surface area contributed by atoms with Gasteiger partial charge in [0, 0.05) is 44.1 Å². The average molecular weight is 318 g/mol. The van der Waals surface area contributed by atoms with Crippen LogP contribution in [0.15, 0.2) is 18.3 Å². The number of piperazine rings is 1. The Labute approximate surface area is 139 Å². The zero-order valence-electron chi connectivity index (χ0n) is 14.8. The number of carbonyl (C=O) groups is 1. The predicted octanol–water partition coefficient (Wildman–Crippen LogP) is 1.80. The molecule has 5 heteroatoms. The van der Waals surface area contributed by atoms with Crippen molar-refractivity contribution >= 4 is 5.91 Å². The van der Waals surface area contributed by atoms with E-state index in [1.807, 2.05) is 18.0 Å². The van der Waals surface area contributed by atoms with Gasteiger partial charge in [-0.25, -0.2) is 0 Å². The molecule has 0 radical (unpaired) electrons. The van der Waals surface area contributed by atoms with Crippen LogP contribution in [0.1, 0.15) is 38.4 Å². The predicted molar refractivity (Wildman–Crippen MR) is 92.9 cm³/mol. The fourth-order valence-electron chi connectivity index (χ4n) is 3.16. The van der Waals surface area contributed by atoms with Crippen LogP contribution in [0.5, 0.6) is 0 Å². The smallest absolute Gasteiger partial charge is 0.239 e. The van der Waals surface area contributed by atoms with Gasteiger partial charge in [0.1, 0.15) is 0 Å². The molecule has 2 N–H and O–H groups in total. The zero-order valence-corrected chi connectivity index (χ0v) is 14.8. The van der Waals surface area contributed by atoms with E-state index in [1.54, 1.807) is 6.92 Å². The van der Waals surface area contributed by atoms with Gasteiger partial charge in [-0.05, 0) is 31.4 Å². The van der Waals surface area contributed by atoms with Crippen molar-refractivity contribution in [2.24, 2.45) is 11.7 Å². The van der Waals surface area contributed by atoms with Gasteiger partial charge in [-0.3, -0.25) is 14.7 Å². The van der Waals surface area contributed by atoms with Gasteiger partial charge in [-0.15, -0.1) is 0 Å². The van der Waals surface area contributed by atoms with E-state index in [0.717, 1.165) is 38.3 Å². The summed E-state index contributed by atoms with van der Waals surface area (Å²) in [4.78, 5) is 21.2. The second-order valence-electron chi connectivity index (χ2n) is 6.82. The maximum Gasteiger partial charge on any atom is 0.239 e. The lowest BCUT2D eigenvalue weighted by Gasteiger charge is -2.44. The van der Waals surface area contributed by atoms with Gasteiger partial charge in [0.15, 0.2) is 0 Å². The Morgan fingerprint density at radius 3 is 2.70 bits per heavy atom. The van der Waals surface area contributed by atoms with Crippen molar-refractivity contribution in [3.63, 3.8) is 0 Å². The van der Waals surface area contributed by atoms with Gasteiger partial charge in [0.2, 0.25) is 5.91 Å². The summed E-state index contributed by atoms with van der Waals surface area (Å²) in [6.45, 7) is 11.6. The van der Waals surface area contributed by atoms with Gasteiger partial charge in [-0.2, -0.15) is 0 Å². The van der Waals surface area contributed by atoms with E-state index in [9.17, 15) is 4.79 Å². The molecule has 1 aromatic heterocycles. The molecule has 0 saturated carbocycles. The highest BCUT2D eigenvalue weighted by Gasteiger charge is 2.34. The average Bonchev–Trinajstić information content (AvgIpc) is 2.55. The van der Waals surface area contributed by atoms with Crippen LogP contribution in [-0.4, -0.2) is 52.4 Å². The fraction of sp³-hybridized carbons (Fsp3) is 0.667. The Hall–Kier alpha value is -1.46. The molecule has 2 heterocycles. The summed E-state index contributed by atoms with van der Waals surface area (Å²) in [5.74, 6) is 0.545. The molecule has 0 spiro atoms. The Balaban J connectivity index is 2.06. The van der Waals surface area contributed by atoms with Gasteiger partial charge in [0.25, 0.3) is 0 Å². The molecule has 0 bridgehead atoms. The van der Waals surface area contributed by atoms with E-state index in [1.165, 1.54) is 5.56 Å². The minimum absolute atomic E-state index is 0.0759. The van der Waals surface area contributed by atoms with Crippen molar-refractivity contribution in [1.82, 2.24) is 14.8 Å². The summed E-state index contributed by atoms with van der Waals surface area (Å²) in [6, 6.07) is 4.01. The molecule has 1 fully saturated rings. The van der Waals surface area contributed by atoms with Crippen molar-refractivity contribution in [2.45, 2.75) is 52.7 Å².